The van der Waals surface area contributed by atoms with Gasteiger partial charge in [0.2, 0.25) is 0 Å². The monoisotopic (exact) mass is 276 g/mol. The van der Waals surface area contributed by atoms with Gasteiger partial charge in [0.05, 0.1) is 6.61 Å². The summed E-state index contributed by atoms with van der Waals surface area (Å²) >= 11 is 0. The van der Waals surface area contributed by atoms with Crippen molar-refractivity contribution in [1.29, 1.82) is 0 Å². The molecule has 0 saturated carbocycles. The lowest BCUT2D eigenvalue weighted by Gasteiger charge is -2.24. The third-order valence-corrected chi connectivity index (χ3v) is 4.45. The van der Waals surface area contributed by atoms with E-state index in [4.69, 9.17) is 4.74 Å². The molecule has 0 aliphatic carbocycles. The van der Waals surface area contributed by atoms with Gasteiger partial charge in [-0.05, 0) is 43.5 Å². The smallest absolute Gasteiger partial charge is 0.119 e. The first-order valence-electron chi connectivity index (χ1n) is 7.76. The van der Waals surface area contributed by atoms with Crippen molar-refractivity contribution < 1.29 is 4.74 Å². The highest BCUT2D eigenvalue weighted by molar-refractivity contribution is 5.29. The predicted molar refractivity (Wildman–Crippen MR) is 84.2 cm³/mol. The first-order chi connectivity index (χ1) is 9.63. The fraction of sp³-hybridized carbons (Fsp3) is 0.647. The summed E-state index contributed by atoms with van der Waals surface area (Å²) in [5, 5.41) is 3.44. The van der Waals surface area contributed by atoms with Crippen LogP contribution in [0.2, 0.25) is 0 Å². The SMILES string of the molecule is CCOc1ccc(C(CN2CC(C)C(C)C2)NC)cc1. The van der Waals surface area contributed by atoms with Crippen LogP contribution < -0.4 is 10.1 Å². The van der Waals surface area contributed by atoms with Crippen LogP contribution in [-0.4, -0.2) is 38.2 Å². The summed E-state index contributed by atoms with van der Waals surface area (Å²) in [4.78, 5) is 2.58. The number of nitrogens with one attached hydrogen (secondary N) is 1. The van der Waals surface area contributed by atoms with Crippen molar-refractivity contribution in [3.8, 4) is 5.75 Å². The first-order valence-corrected chi connectivity index (χ1v) is 7.76. The highest BCUT2D eigenvalue weighted by Crippen LogP contribution is 2.25. The Balaban J connectivity index is 1.97. The lowest BCUT2D eigenvalue weighted by atomic mass is 10.0. The molecule has 1 fully saturated rings. The Labute approximate surface area is 123 Å². The van der Waals surface area contributed by atoms with Crippen LogP contribution in [0.1, 0.15) is 32.4 Å². The van der Waals surface area contributed by atoms with E-state index in [2.05, 4.69) is 48.3 Å². The van der Waals surface area contributed by atoms with Crippen LogP contribution in [0.25, 0.3) is 0 Å². The Morgan fingerprint density at radius 2 is 1.80 bits per heavy atom. The van der Waals surface area contributed by atoms with Crippen molar-refractivity contribution in [3.63, 3.8) is 0 Å². The summed E-state index contributed by atoms with van der Waals surface area (Å²) in [6.07, 6.45) is 0. The fourth-order valence-corrected chi connectivity index (χ4v) is 2.98. The van der Waals surface area contributed by atoms with Gasteiger partial charge in [-0.3, -0.25) is 0 Å². The van der Waals surface area contributed by atoms with E-state index in [1.54, 1.807) is 0 Å². The average Bonchev–Trinajstić information content (AvgIpc) is 2.76. The molecule has 0 amide bonds. The van der Waals surface area contributed by atoms with E-state index < -0.39 is 0 Å². The van der Waals surface area contributed by atoms with E-state index in [1.807, 2.05) is 14.0 Å². The molecule has 1 aliphatic heterocycles. The second kappa shape index (κ2) is 7.09. The molecule has 3 heteroatoms. The second-order valence-electron chi connectivity index (χ2n) is 6.02. The summed E-state index contributed by atoms with van der Waals surface area (Å²) in [6, 6.07) is 8.88. The lowest BCUT2D eigenvalue weighted by molar-refractivity contribution is 0.287. The lowest BCUT2D eigenvalue weighted by Crippen LogP contribution is -2.32. The molecule has 3 unspecified atom stereocenters. The molecule has 1 aliphatic rings. The van der Waals surface area contributed by atoms with Crippen LogP contribution in [0.4, 0.5) is 0 Å². The number of likely N-dealkylation sites (N-methyl/N-ethyl adjacent to an activating group) is 1. The van der Waals surface area contributed by atoms with Gasteiger partial charge in [-0.15, -0.1) is 0 Å². The van der Waals surface area contributed by atoms with Crippen molar-refractivity contribution in [1.82, 2.24) is 10.2 Å². The van der Waals surface area contributed by atoms with Crippen molar-refractivity contribution in [2.45, 2.75) is 26.8 Å². The molecular formula is C17H28N2O. The van der Waals surface area contributed by atoms with Crippen molar-refractivity contribution in [3.05, 3.63) is 29.8 Å². The maximum atomic E-state index is 5.50. The number of hydrogen-bond donors (Lipinski definition) is 1. The Hall–Kier alpha value is -1.06. The summed E-state index contributed by atoms with van der Waals surface area (Å²) < 4.78 is 5.50. The fourth-order valence-electron chi connectivity index (χ4n) is 2.98. The first kappa shape index (κ1) is 15.3. The van der Waals surface area contributed by atoms with Crippen molar-refractivity contribution in [2.75, 3.05) is 33.3 Å². The molecule has 3 nitrogen and oxygen atoms in total. The molecule has 112 valence electrons. The van der Waals surface area contributed by atoms with Crippen LogP contribution in [-0.2, 0) is 0 Å². The zero-order valence-electron chi connectivity index (χ0n) is 13.2. The topological polar surface area (TPSA) is 24.5 Å². The van der Waals surface area contributed by atoms with Crippen LogP contribution in [0.15, 0.2) is 24.3 Å². The Morgan fingerprint density at radius 1 is 1.20 bits per heavy atom. The van der Waals surface area contributed by atoms with Gasteiger partial charge in [-0.25, -0.2) is 0 Å². The molecule has 0 radical (unpaired) electrons. The second-order valence-corrected chi connectivity index (χ2v) is 6.02. The third-order valence-electron chi connectivity index (χ3n) is 4.45. The standard InChI is InChI=1S/C17H28N2O/c1-5-20-16-8-6-15(7-9-16)17(18-4)12-19-10-13(2)14(3)11-19/h6-9,13-14,17-18H,5,10-12H2,1-4H3. The molecule has 2 rings (SSSR count). The van der Waals surface area contributed by atoms with Gasteiger partial charge < -0.3 is 15.0 Å². The average molecular weight is 276 g/mol. The zero-order chi connectivity index (χ0) is 14.5. The molecule has 0 spiro atoms. The molecule has 0 bridgehead atoms. The number of nitrogens with zero attached hydrogens (tertiary/aromatic N) is 1. The number of likely N-dealkylation sites (tertiary alicyclic amines) is 1. The predicted octanol–water partition coefficient (Wildman–Crippen LogP) is 2.93. The highest BCUT2D eigenvalue weighted by atomic mass is 16.5. The van der Waals surface area contributed by atoms with Crippen LogP contribution in [0.5, 0.6) is 5.75 Å². The number of rotatable bonds is 6. The van der Waals surface area contributed by atoms with Gasteiger partial charge in [0, 0.05) is 25.7 Å². The van der Waals surface area contributed by atoms with E-state index in [9.17, 15) is 0 Å². The quantitative estimate of drug-likeness (QED) is 0.864. The maximum Gasteiger partial charge on any atom is 0.119 e. The maximum absolute atomic E-state index is 5.50. The van der Waals surface area contributed by atoms with Crippen molar-refractivity contribution in [2.24, 2.45) is 11.8 Å². The van der Waals surface area contributed by atoms with Crippen LogP contribution in [0, 0.1) is 11.8 Å². The normalized spacial score (nSPS) is 24.8. The molecule has 0 aromatic heterocycles. The largest absolute Gasteiger partial charge is 0.494 e. The zero-order valence-corrected chi connectivity index (χ0v) is 13.2. The molecular weight excluding hydrogens is 248 g/mol. The minimum atomic E-state index is 0.392. The van der Waals surface area contributed by atoms with Gasteiger partial charge >= 0.3 is 0 Å². The van der Waals surface area contributed by atoms with E-state index in [0.717, 1.165) is 30.7 Å². The summed E-state index contributed by atoms with van der Waals surface area (Å²) in [6.45, 7) is 11.0. The summed E-state index contributed by atoms with van der Waals surface area (Å²) in [5.74, 6) is 2.58. The van der Waals surface area contributed by atoms with Gasteiger partial charge in [-0.1, -0.05) is 26.0 Å². The number of ether oxygens (including phenoxy) is 1. The highest BCUT2D eigenvalue weighted by Gasteiger charge is 2.27. The number of hydrogen-bond acceptors (Lipinski definition) is 3. The van der Waals surface area contributed by atoms with E-state index in [0.29, 0.717) is 6.04 Å². The Bertz CT molecular complexity index is 394. The van der Waals surface area contributed by atoms with E-state index in [1.165, 1.54) is 18.7 Å². The molecule has 1 N–H and O–H groups in total. The summed E-state index contributed by atoms with van der Waals surface area (Å²) in [5.41, 5.74) is 1.34. The third kappa shape index (κ3) is 3.74. The van der Waals surface area contributed by atoms with E-state index in [-0.39, 0.29) is 0 Å². The van der Waals surface area contributed by atoms with Crippen LogP contribution in [0.3, 0.4) is 0 Å². The Morgan fingerprint density at radius 3 is 2.30 bits per heavy atom. The molecule has 20 heavy (non-hydrogen) atoms. The number of benzene rings is 1. The van der Waals surface area contributed by atoms with Crippen LogP contribution >= 0.6 is 0 Å². The van der Waals surface area contributed by atoms with E-state index >= 15 is 0 Å². The van der Waals surface area contributed by atoms with Gasteiger partial charge in [0.15, 0.2) is 0 Å². The van der Waals surface area contributed by atoms with Gasteiger partial charge in [0.25, 0.3) is 0 Å². The summed E-state index contributed by atoms with van der Waals surface area (Å²) in [7, 11) is 2.05. The molecule has 1 saturated heterocycles. The molecule has 1 heterocycles. The Kier molecular flexibility index (Phi) is 5.44. The minimum absolute atomic E-state index is 0.392. The van der Waals surface area contributed by atoms with Crippen molar-refractivity contribution >= 4 is 0 Å². The van der Waals surface area contributed by atoms with Gasteiger partial charge in [-0.2, -0.15) is 0 Å². The molecule has 3 atom stereocenters. The minimum Gasteiger partial charge on any atom is -0.494 e. The van der Waals surface area contributed by atoms with Gasteiger partial charge in [0.1, 0.15) is 5.75 Å². The molecule has 1 aromatic carbocycles. The molecule has 1 aromatic rings.